The first-order chi connectivity index (χ1) is 9.97. The van der Waals surface area contributed by atoms with Gasteiger partial charge < -0.3 is 14.4 Å². The van der Waals surface area contributed by atoms with Crippen LogP contribution in [0.1, 0.15) is 64.1 Å². The van der Waals surface area contributed by atoms with E-state index >= 15 is 0 Å². The zero-order valence-corrected chi connectivity index (χ0v) is 13.1. The summed E-state index contributed by atoms with van der Waals surface area (Å²) >= 11 is 0. The summed E-state index contributed by atoms with van der Waals surface area (Å²) in [5.74, 6) is -0.0987. The predicted octanol–water partition coefficient (Wildman–Crippen LogP) is 2.95. The summed E-state index contributed by atoms with van der Waals surface area (Å²) in [6.45, 7) is 6.09. The molecule has 21 heavy (non-hydrogen) atoms. The Morgan fingerprint density at radius 2 is 2.10 bits per heavy atom. The average molecular weight is 296 g/mol. The Labute approximate surface area is 124 Å². The molecule has 3 atom stereocenters. The monoisotopic (exact) mass is 296 g/mol. The molecular formula is C15H24N2O4. The number of rotatable bonds is 6. The Morgan fingerprint density at radius 1 is 1.43 bits per heavy atom. The Hall–Kier alpha value is -1.43. The molecule has 1 aromatic heterocycles. The fourth-order valence-corrected chi connectivity index (χ4v) is 3.35. The third-order valence-corrected chi connectivity index (χ3v) is 4.81. The lowest BCUT2D eigenvalue weighted by Crippen LogP contribution is -2.28. The smallest absolute Gasteiger partial charge is 0.307 e. The molecular weight excluding hydrogens is 272 g/mol. The fraction of sp³-hybridized carbons (Fsp3) is 0.800. The summed E-state index contributed by atoms with van der Waals surface area (Å²) in [7, 11) is 1.64. The highest BCUT2D eigenvalue weighted by Crippen LogP contribution is 2.43. The van der Waals surface area contributed by atoms with Gasteiger partial charge in [-0.3, -0.25) is 4.79 Å². The van der Waals surface area contributed by atoms with Crippen LogP contribution in [0.2, 0.25) is 0 Å². The van der Waals surface area contributed by atoms with Gasteiger partial charge in [-0.15, -0.1) is 0 Å². The van der Waals surface area contributed by atoms with Crippen molar-refractivity contribution in [3.63, 3.8) is 0 Å². The minimum absolute atomic E-state index is 0.193. The number of aliphatic carboxylic acids is 1. The number of hydrogen-bond acceptors (Lipinski definition) is 5. The highest BCUT2D eigenvalue weighted by atomic mass is 16.5. The second-order valence-corrected chi connectivity index (χ2v) is 5.99. The normalized spacial score (nSPS) is 26.2. The molecule has 0 bridgehead atoms. The molecule has 0 spiro atoms. The van der Waals surface area contributed by atoms with Gasteiger partial charge in [0.25, 0.3) is 0 Å². The molecule has 0 aromatic carbocycles. The first-order valence-corrected chi connectivity index (χ1v) is 7.59. The van der Waals surface area contributed by atoms with Gasteiger partial charge in [0.1, 0.15) is 5.60 Å². The maximum Gasteiger partial charge on any atom is 0.307 e. The van der Waals surface area contributed by atoms with Crippen molar-refractivity contribution in [2.24, 2.45) is 11.8 Å². The van der Waals surface area contributed by atoms with Crippen LogP contribution < -0.4 is 0 Å². The standard InChI is InChI=1S/C15H24N2O4/c1-5-15(6-2,20-4)14-16-12(21-17-14)10-7-9(3)8-11(10)13(18)19/h9-11H,5-8H2,1-4H3,(H,18,19). The Bertz CT molecular complexity index is 487. The molecule has 1 aliphatic rings. The summed E-state index contributed by atoms with van der Waals surface area (Å²) in [5.41, 5.74) is -0.551. The van der Waals surface area contributed by atoms with Gasteiger partial charge >= 0.3 is 5.97 Å². The molecule has 1 heterocycles. The second-order valence-electron chi connectivity index (χ2n) is 5.99. The van der Waals surface area contributed by atoms with Gasteiger partial charge in [0.15, 0.2) is 0 Å². The third kappa shape index (κ3) is 2.81. The van der Waals surface area contributed by atoms with Crippen molar-refractivity contribution < 1.29 is 19.2 Å². The molecule has 0 saturated heterocycles. The molecule has 118 valence electrons. The van der Waals surface area contributed by atoms with Gasteiger partial charge in [0.2, 0.25) is 11.7 Å². The number of nitrogens with zero attached hydrogens (tertiary/aromatic N) is 2. The predicted molar refractivity (Wildman–Crippen MR) is 75.8 cm³/mol. The molecule has 6 nitrogen and oxygen atoms in total. The topological polar surface area (TPSA) is 85.5 Å². The SMILES string of the molecule is CCC(CC)(OC)c1noc(C2CC(C)CC2C(=O)O)n1. The Morgan fingerprint density at radius 3 is 2.62 bits per heavy atom. The zero-order chi connectivity index (χ0) is 15.6. The van der Waals surface area contributed by atoms with E-state index in [2.05, 4.69) is 17.1 Å². The second kappa shape index (κ2) is 6.13. The number of hydrogen-bond donors (Lipinski definition) is 1. The van der Waals surface area contributed by atoms with Gasteiger partial charge in [-0.1, -0.05) is 25.9 Å². The quantitative estimate of drug-likeness (QED) is 0.868. The van der Waals surface area contributed by atoms with Crippen molar-refractivity contribution in [3.8, 4) is 0 Å². The van der Waals surface area contributed by atoms with Gasteiger partial charge in [-0.25, -0.2) is 0 Å². The van der Waals surface area contributed by atoms with Crippen molar-refractivity contribution >= 4 is 5.97 Å². The molecule has 1 fully saturated rings. The lowest BCUT2D eigenvalue weighted by atomic mass is 9.95. The molecule has 1 saturated carbocycles. The minimum atomic E-state index is -0.784. The van der Waals surface area contributed by atoms with Crippen LogP contribution in [0, 0.1) is 11.8 Å². The molecule has 3 unspecified atom stereocenters. The van der Waals surface area contributed by atoms with E-state index < -0.39 is 17.5 Å². The summed E-state index contributed by atoms with van der Waals surface area (Å²) in [4.78, 5) is 15.9. The first kappa shape index (κ1) is 15.9. The number of methoxy groups -OCH3 is 1. The van der Waals surface area contributed by atoms with Crippen LogP contribution >= 0.6 is 0 Å². The largest absolute Gasteiger partial charge is 0.481 e. The number of carbonyl (C=O) groups is 1. The Kier molecular flexibility index (Phi) is 4.66. The summed E-state index contributed by atoms with van der Waals surface area (Å²) < 4.78 is 11.0. The first-order valence-electron chi connectivity index (χ1n) is 7.59. The van der Waals surface area contributed by atoms with E-state index in [1.165, 1.54) is 0 Å². The Balaban J connectivity index is 2.29. The number of carboxylic acid groups (broad SMARTS) is 1. The van der Waals surface area contributed by atoms with Crippen LogP contribution in [0.3, 0.4) is 0 Å². The summed E-state index contributed by atoms with van der Waals surface area (Å²) in [6, 6.07) is 0. The fourth-order valence-electron chi connectivity index (χ4n) is 3.35. The van der Waals surface area contributed by atoms with Crippen LogP contribution in [-0.2, 0) is 15.1 Å². The van der Waals surface area contributed by atoms with Crippen LogP contribution in [0.25, 0.3) is 0 Å². The maximum atomic E-state index is 11.4. The molecule has 1 aliphatic carbocycles. The van der Waals surface area contributed by atoms with Gasteiger partial charge in [0, 0.05) is 7.11 Å². The van der Waals surface area contributed by atoms with E-state index in [9.17, 15) is 9.90 Å². The van der Waals surface area contributed by atoms with Crippen molar-refractivity contribution in [3.05, 3.63) is 11.7 Å². The molecule has 0 amide bonds. The van der Waals surface area contributed by atoms with Gasteiger partial charge in [-0.2, -0.15) is 4.98 Å². The lowest BCUT2D eigenvalue weighted by Gasteiger charge is -2.26. The van der Waals surface area contributed by atoms with E-state index in [0.29, 0.717) is 24.1 Å². The average Bonchev–Trinajstić information content (AvgIpc) is 3.08. The molecule has 6 heteroatoms. The highest BCUT2D eigenvalue weighted by Gasteiger charge is 2.42. The zero-order valence-electron chi connectivity index (χ0n) is 13.1. The highest BCUT2D eigenvalue weighted by molar-refractivity contribution is 5.71. The van der Waals surface area contributed by atoms with Crippen LogP contribution in [0.15, 0.2) is 4.52 Å². The number of aromatic nitrogens is 2. The van der Waals surface area contributed by atoms with Crippen LogP contribution in [0.5, 0.6) is 0 Å². The van der Waals surface area contributed by atoms with E-state index in [1.54, 1.807) is 7.11 Å². The molecule has 0 aliphatic heterocycles. The molecule has 2 rings (SSSR count). The van der Waals surface area contributed by atoms with Crippen molar-refractivity contribution in [1.29, 1.82) is 0 Å². The lowest BCUT2D eigenvalue weighted by molar-refractivity contribution is -0.142. The van der Waals surface area contributed by atoms with Crippen molar-refractivity contribution in [1.82, 2.24) is 10.1 Å². The van der Waals surface area contributed by atoms with E-state index in [-0.39, 0.29) is 5.92 Å². The van der Waals surface area contributed by atoms with E-state index in [4.69, 9.17) is 9.26 Å². The van der Waals surface area contributed by atoms with Crippen molar-refractivity contribution in [2.75, 3.05) is 7.11 Å². The summed E-state index contributed by atoms with van der Waals surface area (Å²) in [6.07, 6.45) is 2.91. The molecule has 1 aromatic rings. The van der Waals surface area contributed by atoms with Crippen LogP contribution in [0.4, 0.5) is 0 Å². The van der Waals surface area contributed by atoms with Gasteiger partial charge in [-0.05, 0) is 31.6 Å². The number of ether oxygens (including phenoxy) is 1. The van der Waals surface area contributed by atoms with E-state index in [0.717, 1.165) is 19.3 Å². The van der Waals surface area contributed by atoms with Crippen LogP contribution in [-0.4, -0.2) is 28.3 Å². The summed E-state index contributed by atoms with van der Waals surface area (Å²) in [5, 5.41) is 13.4. The molecule has 0 radical (unpaired) electrons. The molecule has 1 N–H and O–H groups in total. The van der Waals surface area contributed by atoms with Gasteiger partial charge in [0.05, 0.1) is 11.8 Å². The van der Waals surface area contributed by atoms with E-state index in [1.807, 2.05) is 13.8 Å². The maximum absolute atomic E-state index is 11.4. The van der Waals surface area contributed by atoms with Crippen molar-refractivity contribution in [2.45, 2.75) is 58.0 Å². The third-order valence-electron chi connectivity index (χ3n) is 4.81. The minimum Gasteiger partial charge on any atom is -0.481 e. The number of carboxylic acids is 1.